The van der Waals surface area contributed by atoms with E-state index in [0.29, 0.717) is 11.1 Å². The van der Waals surface area contributed by atoms with Gasteiger partial charge in [0.05, 0.1) is 0 Å². The number of aryl methyl sites for hydroxylation is 1. The number of amides is 1. The minimum Gasteiger partial charge on any atom is -0.388 e. The molecule has 2 N–H and O–H groups in total. The lowest BCUT2D eigenvalue weighted by Crippen LogP contribution is -2.15. The van der Waals surface area contributed by atoms with Crippen LogP contribution < -0.4 is 10.6 Å². The van der Waals surface area contributed by atoms with Crippen LogP contribution in [-0.2, 0) is 0 Å². The van der Waals surface area contributed by atoms with Crippen molar-refractivity contribution in [1.29, 1.82) is 0 Å². The van der Waals surface area contributed by atoms with Crippen molar-refractivity contribution in [2.45, 2.75) is 6.92 Å². The van der Waals surface area contributed by atoms with E-state index in [1.165, 1.54) is 0 Å². The number of benzene rings is 2. The third-order valence-electron chi connectivity index (χ3n) is 3.01. The molecule has 0 aromatic heterocycles. The van der Waals surface area contributed by atoms with Crippen molar-refractivity contribution >= 4 is 33.2 Å². The van der Waals surface area contributed by atoms with Gasteiger partial charge in [-0.3, -0.25) is 4.79 Å². The van der Waals surface area contributed by atoms with Crippen molar-refractivity contribution in [1.82, 2.24) is 0 Å². The van der Waals surface area contributed by atoms with Gasteiger partial charge in [-0.25, -0.2) is 8.78 Å². The van der Waals surface area contributed by atoms with Crippen molar-refractivity contribution in [3.8, 4) is 0 Å². The SMILES string of the molecule is CNc1ccc(C(=O)Nc2c(F)cc(Br)cc2F)c(C)c1. The molecule has 0 unspecified atom stereocenters. The quantitative estimate of drug-likeness (QED) is 0.861. The Labute approximate surface area is 129 Å². The van der Waals surface area contributed by atoms with E-state index >= 15 is 0 Å². The molecule has 21 heavy (non-hydrogen) atoms. The lowest BCUT2D eigenvalue weighted by Gasteiger charge is -2.11. The minimum absolute atomic E-state index is 0.269. The van der Waals surface area contributed by atoms with E-state index < -0.39 is 23.2 Å². The number of nitrogens with one attached hydrogen (secondary N) is 2. The van der Waals surface area contributed by atoms with Crippen molar-refractivity contribution < 1.29 is 13.6 Å². The maximum absolute atomic E-state index is 13.7. The third-order valence-corrected chi connectivity index (χ3v) is 3.46. The maximum Gasteiger partial charge on any atom is 0.256 e. The maximum atomic E-state index is 13.7. The first-order valence-corrected chi connectivity index (χ1v) is 6.96. The molecule has 2 rings (SSSR count). The summed E-state index contributed by atoms with van der Waals surface area (Å²) >= 11 is 2.99. The smallest absolute Gasteiger partial charge is 0.256 e. The Kier molecular flexibility index (Phi) is 4.57. The second-order valence-electron chi connectivity index (χ2n) is 4.48. The molecule has 110 valence electrons. The summed E-state index contributed by atoms with van der Waals surface area (Å²) in [6.07, 6.45) is 0. The molecule has 0 saturated carbocycles. The largest absolute Gasteiger partial charge is 0.388 e. The number of rotatable bonds is 3. The topological polar surface area (TPSA) is 41.1 Å². The third kappa shape index (κ3) is 3.39. The van der Waals surface area contributed by atoms with Gasteiger partial charge < -0.3 is 10.6 Å². The van der Waals surface area contributed by atoms with Crippen LogP contribution in [0, 0.1) is 18.6 Å². The number of anilines is 2. The highest BCUT2D eigenvalue weighted by Gasteiger charge is 2.16. The van der Waals surface area contributed by atoms with Gasteiger partial charge in [0.2, 0.25) is 0 Å². The summed E-state index contributed by atoms with van der Waals surface area (Å²) in [4.78, 5) is 12.1. The van der Waals surface area contributed by atoms with E-state index in [0.717, 1.165) is 17.8 Å². The van der Waals surface area contributed by atoms with Crippen molar-refractivity contribution in [2.24, 2.45) is 0 Å². The molecule has 6 heteroatoms. The zero-order chi connectivity index (χ0) is 15.6. The molecule has 0 aliphatic carbocycles. The molecule has 3 nitrogen and oxygen atoms in total. The monoisotopic (exact) mass is 354 g/mol. The fourth-order valence-corrected chi connectivity index (χ4v) is 2.32. The van der Waals surface area contributed by atoms with Gasteiger partial charge in [-0.2, -0.15) is 0 Å². The van der Waals surface area contributed by atoms with Crippen LogP contribution in [0.5, 0.6) is 0 Å². The van der Waals surface area contributed by atoms with Gasteiger partial charge in [-0.05, 0) is 42.8 Å². The summed E-state index contributed by atoms with van der Waals surface area (Å²) in [5.41, 5.74) is 1.46. The number of carbonyl (C=O) groups excluding carboxylic acids is 1. The zero-order valence-corrected chi connectivity index (χ0v) is 13.0. The molecule has 0 atom stereocenters. The van der Waals surface area contributed by atoms with Crippen molar-refractivity contribution in [2.75, 3.05) is 17.7 Å². The Morgan fingerprint density at radius 2 is 1.76 bits per heavy atom. The number of hydrogen-bond donors (Lipinski definition) is 2. The van der Waals surface area contributed by atoms with Crippen LogP contribution in [0.2, 0.25) is 0 Å². The Morgan fingerprint density at radius 3 is 2.29 bits per heavy atom. The fraction of sp³-hybridized carbons (Fsp3) is 0.133. The van der Waals surface area contributed by atoms with E-state index in [1.807, 2.05) is 0 Å². The first-order chi connectivity index (χ1) is 9.92. The molecule has 0 fully saturated rings. The first-order valence-electron chi connectivity index (χ1n) is 6.16. The van der Waals surface area contributed by atoms with Gasteiger partial charge in [0, 0.05) is 22.8 Å². The lowest BCUT2D eigenvalue weighted by atomic mass is 10.1. The Hall–Kier alpha value is -1.95. The summed E-state index contributed by atoms with van der Waals surface area (Å²) in [5, 5.41) is 5.22. The van der Waals surface area contributed by atoms with Gasteiger partial charge >= 0.3 is 0 Å². The summed E-state index contributed by atoms with van der Waals surface area (Å²) < 4.78 is 27.7. The molecule has 1 amide bonds. The number of halogens is 3. The minimum atomic E-state index is -0.834. The summed E-state index contributed by atoms with van der Waals surface area (Å²) in [6.45, 7) is 1.75. The van der Waals surface area contributed by atoms with Gasteiger partial charge in [-0.15, -0.1) is 0 Å². The Bertz CT molecular complexity index is 681. The van der Waals surface area contributed by atoms with E-state index in [9.17, 15) is 13.6 Å². The summed E-state index contributed by atoms with van der Waals surface area (Å²) in [5.74, 6) is -2.23. The van der Waals surface area contributed by atoms with E-state index in [-0.39, 0.29) is 4.47 Å². The van der Waals surface area contributed by atoms with E-state index in [2.05, 4.69) is 26.6 Å². The average Bonchev–Trinajstić information content (AvgIpc) is 2.42. The average molecular weight is 355 g/mol. The Morgan fingerprint density at radius 1 is 1.14 bits per heavy atom. The molecule has 0 radical (unpaired) electrons. The van der Waals surface area contributed by atoms with Crippen LogP contribution in [0.25, 0.3) is 0 Å². The Balaban J connectivity index is 2.30. The molecule has 2 aromatic rings. The zero-order valence-electron chi connectivity index (χ0n) is 11.4. The fourth-order valence-electron chi connectivity index (χ4n) is 1.92. The molecule has 0 bridgehead atoms. The first kappa shape index (κ1) is 15.4. The highest BCUT2D eigenvalue weighted by Crippen LogP contribution is 2.25. The standard InChI is InChI=1S/C15H13BrF2N2O/c1-8-5-10(19-2)3-4-11(8)15(21)20-14-12(17)6-9(16)7-13(14)18/h3-7,19H,1-2H3,(H,20,21). The van der Waals surface area contributed by atoms with Crippen LogP contribution in [-0.4, -0.2) is 13.0 Å². The predicted molar refractivity (Wildman–Crippen MR) is 82.7 cm³/mol. The molecule has 0 heterocycles. The lowest BCUT2D eigenvalue weighted by molar-refractivity contribution is 0.102. The molecule has 0 aliphatic heterocycles. The van der Waals surface area contributed by atoms with Crippen molar-refractivity contribution in [3.05, 3.63) is 57.6 Å². The summed E-state index contributed by atoms with van der Waals surface area (Å²) in [7, 11) is 1.76. The molecule has 2 aromatic carbocycles. The van der Waals surface area contributed by atoms with Crippen LogP contribution in [0.15, 0.2) is 34.8 Å². The number of carbonyl (C=O) groups is 1. The number of hydrogen-bond acceptors (Lipinski definition) is 2. The van der Waals surface area contributed by atoms with Gasteiger partial charge in [0.1, 0.15) is 5.69 Å². The highest BCUT2D eigenvalue weighted by molar-refractivity contribution is 9.10. The molecular formula is C15H13BrF2N2O. The van der Waals surface area contributed by atoms with Gasteiger partial charge in [0.25, 0.3) is 5.91 Å². The predicted octanol–water partition coefficient (Wildman–Crippen LogP) is 4.33. The second-order valence-corrected chi connectivity index (χ2v) is 5.39. The molecular weight excluding hydrogens is 342 g/mol. The van der Waals surface area contributed by atoms with E-state index in [1.54, 1.807) is 32.2 Å². The molecule has 0 aliphatic rings. The van der Waals surface area contributed by atoms with Crippen molar-refractivity contribution in [3.63, 3.8) is 0 Å². The highest BCUT2D eigenvalue weighted by atomic mass is 79.9. The van der Waals surface area contributed by atoms with E-state index in [4.69, 9.17) is 0 Å². The normalized spacial score (nSPS) is 10.3. The van der Waals surface area contributed by atoms with Crippen LogP contribution >= 0.6 is 15.9 Å². The molecule has 0 spiro atoms. The van der Waals surface area contributed by atoms with Crippen LogP contribution in [0.4, 0.5) is 20.2 Å². The second kappa shape index (κ2) is 6.22. The van der Waals surface area contributed by atoms with Crippen LogP contribution in [0.3, 0.4) is 0 Å². The van der Waals surface area contributed by atoms with Gasteiger partial charge in [0.15, 0.2) is 11.6 Å². The summed E-state index contributed by atoms with van der Waals surface area (Å²) in [6, 6.07) is 7.29. The van der Waals surface area contributed by atoms with Crippen LogP contribution in [0.1, 0.15) is 15.9 Å². The molecule has 0 saturated heterocycles. The van der Waals surface area contributed by atoms with Gasteiger partial charge in [-0.1, -0.05) is 15.9 Å².